The maximum absolute atomic E-state index is 13.0. The van der Waals surface area contributed by atoms with Crippen molar-refractivity contribution in [2.45, 2.75) is 46.1 Å². The Morgan fingerprint density at radius 3 is 2.50 bits per heavy atom. The van der Waals surface area contributed by atoms with Crippen molar-refractivity contribution >= 4 is 17.1 Å². The fraction of sp³-hybridized carbons (Fsp3) is 0.370. The van der Waals surface area contributed by atoms with Crippen LogP contribution in [0.25, 0.3) is 28.1 Å². The van der Waals surface area contributed by atoms with Gasteiger partial charge in [0.25, 0.3) is 5.56 Å². The van der Waals surface area contributed by atoms with Crippen molar-refractivity contribution < 1.29 is 9.53 Å². The van der Waals surface area contributed by atoms with Crippen molar-refractivity contribution in [3.05, 3.63) is 69.9 Å². The van der Waals surface area contributed by atoms with Gasteiger partial charge in [-0.1, -0.05) is 0 Å². The lowest BCUT2D eigenvalue weighted by molar-refractivity contribution is 0.0258. The van der Waals surface area contributed by atoms with Gasteiger partial charge in [-0.2, -0.15) is 10.2 Å². The molecule has 1 aliphatic heterocycles. The third-order valence-electron chi connectivity index (χ3n) is 6.42. The maximum atomic E-state index is 13.0. The van der Waals surface area contributed by atoms with Crippen molar-refractivity contribution in [3.8, 4) is 17.1 Å². The zero-order valence-electron chi connectivity index (χ0n) is 21.3. The molecule has 186 valence electrons. The molecule has 5 heterocycles. The Hall–Kier alpha value is -4.01. The molecule has 1 aliphatic rings. The van der Waals surface area contributed by atoms with Crippen molar-refractivity contribution in [2.24, 2.45) is 7.05 Å². The van der Waals surface area contributed by atoms with Gasteiger partial charge in [-0.3, -0.25) is 9.36 Å². The van der Waals surface area contributed by atoms with E-state index >= 15 is 0 Å². The summed E-state index contributed by atoms with van der Waals surface area (Å²) in [6.07, 6.45) is 2.88. The summed E-state index contributed by atoms with van der Waals surface area (Å²) in [5, 5.41) is 9.29. The highest BCUT2D eigenvalue weighted by Crippen LogP contribution is 2.29. The third-order valence-corrected chi connectivity index (χ3v) is 6.42. The first-order valence-corrected chi connectivity index (χ1v) is 12.1. The number of pyridine rings is 2. The molecule has 36 heavy (non-hydrogen) atoms. The van der Waals surface area contributed by atoms with Crippen LogP contribution in [0.3, 0.4) is 0 Å². The molecule has 0 atom stereocenters. The van der Waals surface area contributed by atoms with Gasteiger partial charge >= 0.3 is 6.09 Å². The summed E-state index contributed by atoms with van der Waals surface area (Å²) in [5.74, 6) is 0.556. The Balaban J connectivity index is 1.44. The summed E-state index contributed by atoms with van der Waals surface area (Å²) in [5.41, 5.74) is 4.65. The van der Waals surface area contributed by atoms with Gasteiger partial charge in [0.1, 0.15) is 17.1 Å². The van der Waals surface area contributed by atoms with E-state index in [0.717, 1.165) is 28.8 Å². The van der Waals surface area contributed by atoms with Crippen LogP contribution in [-0.4, -0.2) is 54.0 Å². The van der Waals surface area contributed by atoms with Crippen LogP contribution in [0.15, 0.2) is 47.4 Å². The van der Waals surface area contributed by atoms with Gasteiger partial charge in [-0.15, -0.1) is 0 Å². The van der Waals surface area contributed by atoms with E-state index in [0.29, 0.717) is 36.6 Å². The topological polar surface area (TPSA) is 95.1 Å². The van der Waals surface area contributed by atoms with Crippen LogP contribution in [0.4, 0.5) is 4.79 Å². The number of nitrogens with zero attached hydrogens (tertiary/aromatic N) is 6. The molecule has 0 bridgehead atoms. The van der Waals surface area contributed by atoms with Crippen LogP contribution in [0.5, 0.6) is 0 Å². The SMILES string of the molecule is Cc1ccc(-c2ccn(-c3ccc4c5c(n(C)c4n3)CCN(C(=O)OC(C)(C)C)CC5)c(=O)c2)nn1. The minimum Gasteiger partial charge on any atom is -0.444 e. The summed E-state index contributed by atoms with van der Waals surface area (Å²) < 4.78 is 9.18. The number of hydrogen-bond acceptors (Lipinski definition) is 6. The van der Waals surface area contributed by atoms with E-state index in [4.69, 9.17) is 9.72 Å². The summed E-state index contributed by atoms with van der Waals surface area (Å²) in [6, 6.07) is 11.0. The van der Waals surface area contributed by atoms with E-state index in [1.165, 1.54) is 10.1 Å². The van der Waals surface area contributed by atoms with E-state index in [-0.39, 0.29) is 11.7 Å². The van der Waals surface area contributed by atoms with Crippen LogP contribution in [0.1, 0.15) is 37.7 Å². The van der Waals surface area contributed by atoms with E-state index in [9.17, 15) is 9.59 Å². The summed E-state index contributed by atoms with van der Waals surface area (Å²) in [4.78, 5) is 32.2. The lowest BCUT2D eigenvalue weighted by Gasteiger charge is -2.26. The van der Waals surface area contributed by atoms with Crippen LogP contribution >= 0.6 is 0 Å². The molecule has 0 radical (unpaired) electrons. The molecule has 0 spiro atoms. The van der Waals surface area contributed by atoms with E-state index < -0.39 is 5.60 Å². The minimum absolute atomic E-state index is 0.189. The van der Waals surface area contributed by atoms with Gasteiger partial charge in [0.2, 0.25) is 0 Å². The summed E-state index contributed by atoms with van der Waals surface area (Å²) in [7, 11) is 1.99. The molecule has 0 fully saturated rings. The molecule has 0 aromatic carbocycles. The molecule has 9 heteroatoms. The van der Waals surface area contributed by atoms with Crippen molar-refractivity contribution in [1.29, 1.82) is 0 Å². The van der Waals surface area contributed by atoms with E-state index in [2.05, 4.69) is 14.8 Å². The smallest absolute Gasteiger partial charge is 0.410 e. The molecule has 5 rings (SSSR count). The van der Waals surface area contributed by atoms with Crippen molar-refractivity contribution in [3.63, 3.8) is 0 Å². The standard InChI is InChI=1S/C27H30N6O3/c1-17-6-8-21(30-29-17)18-10-15-33(24(34)16-18)23-9-7-20-19-11-13-32(26(35)36-27(2,3)4)14-12-22(19)31(5)25(20)28-23/h6-10,15-16H,11-14H2,1-5H3. The molecule has 4 aromatic rings. The highest BCUT2D eigenvalue weighted by atomic mass is 16.6. The Morgan fingerprint density at radius 1 is 1.03 bits per heavy atom. The molecule has 9 nitrogen and oxygen atoms in total. The number of carbonyl (C=O) groups excluding carboxylic acids is 1. The zero-order chi connectivity index (χ0) is 25.6. The van der Waals surface area contributed by atoms with Gasteiger partial charge in [-0.05, 0) is 70.0 Å². The van der Waals surface area contributed by atoms with Gasteiger partial charge in [-0.25, -0.2) is 9.78 Å². The van der Waals surface area contributed by atoms with Crippen LogP contribution in [-0.2, 0) is 24.6 Å². The van der Waals surface area contributed by atoms with Crippen LogP contribution < -0.4 is 5.56 Å². The van der Waals surface area contributed by atoms with Gasteiger partial charge in [0.05, 0.1) is 11.4 Å². The second-order valence-corrected chi connectivity index (χ2v) is 10.2. The number of amides is 1. The molecule has 0 unspecified atom stereocenters. The first-order chi connectivity index (χ1) is 17.1. The first-order valence-electron chi connectivity index (χ1n) is 12.1. The number of hydrogen-bond donors (Lipinski definition) is 0. The Morgan fingerprint density at radius 2 is 1.81 bits per heavy atom. The molecule has 4 aromatic heterocycles. The van der Waals surface area contributed by atoms with Gasteiger partial charge < -0.3 is 14.2 Å². The number of carbonyl (C=O) groups is 1. The number of aromatic nitrogens is 5. The number of rotatable bonds is 2. The third kappa shape index (κ3) is 4.48. The quantitative estimate of drug-likeness (QED) is 0.427. The average molecular weight is 487 g/mol. The molecule has 0 saturated carbocycles. The minimum atomic E-state index is -0.521. The molecule has 0 N–H and O–H groups in total. The van der Waals surface area contributed by atoms with Crippen LogP contribution in [0.2, 0.25) is 0 Å². The largest absolute Gasteiger partial charge is 0.444 e. The molecular formula is C27H30N6O3. The predicted octanol–water partition coefficient (Wildman–Crippen LogP) is 3.83. The van der Waals surface area contributed by atoms with E-state index in [1.54, 1.807) is 17.2 Å². The lowest BCUT2D eigenvalue weighted by atomic mass is 10.1. The molecule has 0 saturated heterocycles. The van der Waals surface area contributed by atoms with E-state index in [1.807, 2.05) is 65.1 Å². The molecule has 0 aliphatic carbocycles. The second-order valence-electron chi connectivity index (χ2n) is 10.2. The molecule has 1 amide bonds. The Labute approximate surface area is 209 Å². The highest BCUT2D eigenvalue weighted by Gasteiger charge is 2.27. The number of fused-ring (bicyclic) bond motifs is 3. The maximum Gasteiger partial charge on any atom is 0.410 e. The Bertz CT molecular complexity index is 1510. The number of aryl methyl sites for hydroxylation is 2. The van der Waals surface area contributed by atoms with Crippen molar-refractivity contribution in [1.82, 2.24) is 29.2 Å². The molecular weight excluding hydrogens is 456 g/mol. The van der Waals surface area contributed by atoms with Crippen LogP contribution in [0, 0.1) is 6.92 Å². The second kappa shape index (κ2) is 8.89. The zero-order valence-corrected chi connectivity index (χ0v) is 21.3. The summed E-state index contributed by atoms with van der Waals surface area (Å²) >= 11 is 0. The predicted molar refractivity (Wildman–Crippen MR) is 137 cm³/mol. The fourth-order valence-electron chi connectivity index (χ4n) is 4.64. The monoisotopic (exact) mass is 486 g/mol. The van der Waals surface area contributed by atoms with Gasteiger partial charge in [0.15, 0.2) is 0 Å². The van der Waals surface area contributed by atoms with Crippen molar-refractivity contribution in [2.75, 3.05) is 13.1 Å². The Kier molecular flexibility index (Phi) is 5.86. The van der Waals surface area contributed by atoms with Gasteiger partial charge in [0, 0.05) is 55.5 Å². The lowest BCUT2D eigenvalue weighted by Crippen LogP contribution is -2.38. The normalized spacial score (nSPS) is 14.0. The highest BCUT2D eigenvalue weighted by molar-refractivity contribution is 5.83. The summed E-state index contributed by atoms with van der Waals surface area (Å²) in [6.45, 7) is 8.68. The number of ether oxygens (including phenoxy) is 1. The fourth-order valence-corrected chi connectivity index (χ4v) is 4.64. The first kappa shape index (κ1) is 23.7. The average Bonchev–Trinajstić information content (AvgIpc) is 2.96.